The van der Waals surface area contributed by atoms with Gasteiger partial charge in [0.2, 0.25) is 13.6 Å². The van der Waals surface area contributed by atoms with Gasteiger partial charge in [-0.15, -0.1) is 0 Å². The van der Waals surface area contributed by atoms with E-state index in [0.29, 0.717) is 5.92 Å². The van der Waals surface area contributed by atoms with Gasteiger partial charge in [-0.3, -0.25) is 0 Å². The molecule has 0 unspecified atom stereocenters. The van der Waals surface area contributed by atoms with E-state index in [2.05, 4.69) is 45.2 Å². The fourth-order valence-corrected chi connectivity index (χ4v) is 5.44. The van der Waals surface area contributed by atoms with Crippen LogP contribution in [0.3, 0.4) is 0 Å². The van der Waals surface area contributed by atoms with Gasteiger partial charge in [0.15, 0.2) is 11.5 Å². The van der Waals surface area contributed by atoms with E-state index >= 15 is 0 Å². The lowest BCUT2D eigenvalue weighted by molar-refractivity contribution is -0.147. The zero-order valence-corrected chi connectivity index (χ0v) is 25.6. The molecule has 1 aliphatic rings. The Morgan fingerprint density at radius 3 is 2.02 bits per heavy atom. The van der Waals surface area contributed by atoms with Gasteiger partial charge in [0.05, 0.1) is 24.4 Å². The molecule has 0 saturated heterocycles. The zero-order valence-electron chi connectivity index (χ0n) is 25.6. The maximum atomic E-state index is 11.9. The summed E-state index contributed by atoms with van der Waals surface area (Å²) < 4.78 is 21.4. The van der Waals surface area contributed by atoms with Crippen LogP contribution in [-0.2, 0) is 25.5 Å². The second kappa shape index (κ2) is 17.5. The summed E-state index contributed by atoms with van der Waals surface area (Å²) >= 11 is 0. The van der Waals surface area contributed by atoms with Crippen molar-refractivity contribution in [2.75, 3.05) is 26.8 Å². The van der Waals surface area contributed by atoms with Gasteiger partial charge >= 0.3 is 11.9 Å². The molecule has 0 atom stereocenters. The predicted molar refractivity (Wildman–Crippen MR) is 166 cm³/mol. The van der Waals surface area contributed by atoms with Crippen LogP contribution in [0.1, 0.15) is 82.3 Å². The minimum atomic E-state index is -0.782. The number of esters is 2. The van der Waals surface area contributed by atoms with Crippen molar-refractivity contribution in [2.45, 2.75) is 77.6 Å². The van der Waals surface area contributed by atoms with Gasteiger partial charge in [0.1, 0.15) is 0 Å². The van der Waals surface area contributed by atoms with Crippen LogP contribution in [0.2, 0.25) is 0 Å². The molecule has 0 heterocycles. The summed E-state index contributed by atoms with van der Waals surface area (Å²) in [7, 11) is 0. The number of unbranched alkanes of at least 4 members (excludes halogenated alkanes) is 2. The first kappa shape index (κ1) is 33.9. The van der Waals surface area contributed by atoms with Crippen LogP contribution in [0, 0.1) is 5.92 Å². The van der Waals surface area contributed by atoms with Crippen LogP contribution >= 0.6 is 0 Å². The maximum absolute atomic E-state index is 11.9. The summed E-state index contributed by atoms with van der Waals surface area (Å²) in [5, 5.41) is 18.2. The summed E-state index contributed by atoms with van der Waals surface area (Å²) in [5.41, 5.74) is 4.38. The Bertz CT molecular complexity index is 1240. The minimum absolute atomic E-state index is 0.0949. The number of aliphatic hydroxyl groups is 2. The largest absolute Gasteiger partial charge is 0.453 e. The molecule has 2 aromatic rings. The standard InChI is InChI=1S/C35H46O8/c1-5-7-8-9-26-10-12-28(13-11-26)29-14-16-31(27(6-2)18-29)30-15-17-32(40-22-42-34(38)24(3)20-36)33(19-30)41-23-43-35(39)25(4)21-37/h14-19,26,28,36-37H,3-13,20-23H2,1-2H3. The highest BCUT2D eigenvalue weighted by molar-refractivity contribution is 5.88. The van der Waals surface area contributed by atoms with Gasteiger partial charge in [0.25, 0.3) is 0 Å². The average molecular weight is 595 g/mol. The van der Waals surface area contributed by atoms with Crippen molar-refractivity contribution in [3.63, 3.8) is 0 Å². The van der Waals surface area contributed by atoms with Crippen molar-refractivity contribution in [2.24, 2.45) is 5.92 Å². The number of aryl methyl sites for hydroxylation is 1. The molecule has 1 saturated carbocycles. The number of aliphatic hydroxyl groups excluding tert-OH is 2. The zero-order chi connectivity index (χ0) is 31.2. The number of rotatable bonds is 17. The summed E-state index contributed by atoms with van der Waals surface area (Å²) in [5.74, 6) is 0.416. The first-order valence-electron chi connectivity index (χ1n) is 15.2. The smallest absolute Gasteiger partial charge is 0.338 e. The molecule has 3 rings (SSSR count). The van der Waals surface area contributed by atoms with E-state index in [4.69, 9.17) is 29.2 Å². The van der Waals surface area contributed by atoms with Crippen LogP contribution in [0.25, 0.3) is 11.1 Å². The first-order chi connectivity index (χ1) is 20.8. The molecule has 1 aliphatic carbocycles. The lowest BCUT2D eigenvalue weighted by Gasteiger charge is -2.29. The van der Waals surface area contributed by atoms with E-state index < -0.39 is 38.7 Å². The number of hydrogen-bond acceptors (Lipinski definition) is 8. The van der Waals surface area contributed by atoms with E-state index in [0.717, 1.165) is 23.5 Å². The van der Waals surface area contributed by atoms with Crippen LogP contribution in [0.5, 0.6) is 11.5 Å². The predicted octanol–water partition coefficient (Wildman–Crippen LogP) is 6.63. The monoisotopic (exact) mass is 594 g/mol. The number of ether oxygens (including phenoxy) is 4. The lowest BCUT2D eigenvalue weighted by Crippen LogP contribution is -2.15. The normalized spacial score (nSPS) is 16.3. The fraction of sp³-hybridized carbons (Fsp3) is 0.486. The lowest BCUT2D eigenvalue weighted by atomic mass is 9.76. The van der Waals surface area contributed by atoms with Gasteiger partial charge in [0, 0.05) is 0 Å². The molecule has 2 N–H and O–H groups in total. The van der Waals surface area contributed by atoms with E-state index in [1.807, 2.05) is 6.07 Å². The third kappa shape index (κ3) is 9.97. The molecule has 0 radical (unpaired) electrons. The average Bonchev–Trinajstić information content (AvgIpc) is 3.04. The summed E-state index contributed by atoms with van der Waals surface area (Å²) in [6.07, 6.45) is 11.3. The van der Waals surface area contributed by atoms with Crippen LogP contribution in [-0.4, -0.2) is 49.0 Å². The molecule has 8 heteroatoms. The van der Waals surface area contributed by atoms with Crippen LogP contribution in [0.15, 0.2) is 60.7 Å². The maximum Gasteiger partial charge on any atom is 0.338 e. The molecule has 43 heavy (non-hydrogen) atoms. The second-order valence-corrected chi connectivity index (χ2v) is 11.1. The molecule has 1 fully saturated rings. The quantitative estimate of drug-likeness (QED) is 0.0909. The number of hydrogen-bond donors (Lipinski definition) is 2. The van der Waals surface area contributed by atoms with Crippen molar-refractivity contribution in [3.8, 4) is 22.6 Å². The van der Waals surface area contributed by atoms with Crippen molar-refractivity contribution >= 4 is 11.9 Å². The number of benzene rings is 2. The van der Waals surface area contributed by atoms with Crippen LogP contribution in [0.4, 0.5) is 0 Å². The molecule has 234 valence electrons. The van der Waals surface area contributed by atoms with E-state index in [1.54, 1.807) is 12.1 Å². The SMILES string of the molecule is C=C(CO)C(=O)OCOc1ccc(-c2ccc(C3CCC(CCCCC)CC3)cc2CC)cc1OCOC(=O)C(=C)CO. The summed E-state index contributed by atoms with van der Waals surface area (Å²) in [6, 6.07) is 12.1. The van der Waals surface area contributed by atoms with Crippen molar-refractivity contribution in [1.29, 1.82) is 0 Å². The molecule has 0 spiro atoms. The topological polar surface area (TPSA) is 112 Å². The molecular weight excluding hydrogens is 548 g/mol. The Hall–Kier alpha value is -3.62. The Balaban J connectivity index is 1.76. The van der Waals surface area contributed by atoms with E-state index in [1.165, 1.54) is 62.5 Å². The molecule has 0 aliphatic heterocycles. The Morgan fingerprint density at radius 1 is 0.814 bits per heavy atom. The highest BCUT2D eigenvalue weighted by Crippen LogP contribution is 2.40. The number of carbonyl (C=O) groups is 2. The summed E-state index contributed by atoms with van der Waals surface area (Å²) in [4.78, 5) is 23.8. The Labute approximate surface area is 255 Å². The van der Waals surface area contributed by atoms with Gasteiger partial charge < -0.3 is 29.2 Å². The third-order valence-electron chi connectivity index (χ3n) is 8.07. The molecular formula is C35H46O8. The van der Waals surface area contributed by atoms with Crippen molar-refractivity contribution in [3.05, 3.63) is 71.8 Å². The molecule has 0 amide bonds. The third-order valence-corrected chi connectivity index (χ3v) is 8.07. The molecule has 0 aromatic heterocycles. The van der Waals surface area contributed by atoms with Crippen molar-refractivity contribution in [1.82, 2.24) is 0 Å². The van der Waals surface area contributed by atoms with Gasteiger partial charge in [-0.2, -0.15) is 0 Å². The highest BCUT2D eigenvalue weighted by Gasteiger charge is 2.23. The number of carbonyl (C=O) groups excluding carboxylic acids is 2. The minimum Gasteiger partial charge on any atom is -0.453 e. The Kier molecular flexibility index (Phi) is 13.8. The van der Waals surface area contributed by atoms with Crippen LogP contribution < -0.4 is 9.47 Å². The molecule has 8 nitrogen and oxygen atoms in total. The first-order valence-corrected chi connectivity index (χ1v) is 15.2. The molecule has 0 bridgehead atoms. The van der Waals surface area contributed by atoms with Crippen molar-refractivity contribution < 1.29 is 38.7 Å². The second-order valence-electron chi connectivity index (χ2n) is 11.1. The van der Waals surface area contributed by atoms with E-state index in [-0.39, 0.29) is 22.6 Å². The highest BCUT2D eigenvalue weighted by atomic mass is 16.7. The van der Waals surface area contributed by atoms with Gasteiger partial charge in [-0.1, -0.05) is 77.0 Å². The summed E-state index contributed by atoms with van der Waals surface area (Å²) in [6.45, 7) is 9.35. The van der Waals surface area contributed by atoms with Gasteiger partial charge in [-0.05, 0) is 78.3 Å². The Morgan fingerprint density at radius 2 is 1.44 bits per heavy atom. The van der Waals surface area contributed by atoms with Gasteiger partial charge in [-0.25, -0.2) is 9.59 Å². The molecule has 2 aromatic carbocycles. The van der Waals surface area contributed by atoms with E-state index in [9.17, 15) is 9.59 Å². The fourth-order valence-electron chi connectivity index (χ4n) is 5.44.